The van der Waals surface area contributed by atoms with Crippen LogP contribution in [0.1, 0.15) is 34.3 Å². The molecule has 0 saturated carbocycles. The largest absolute Gasteiger partial charge is 0.367 e. The van der Waals surface area contributed by atoms with E-state index in [-0.39, 0.29) is 5.91 Å². The van der Waals surface area contributed by atoms with E-state index in [0.717, 1.165) is 5.56 Å². The molecule has 0 atom stereocenters. The van der Waals surface area contributed by atoms with Crippen molar-refractivity contribution in [2.24, 2.45) is 0 Å². The first-order chi connectivity index (χ1) is 8.22. The van der Waals surface area contributed by atoms with Crippen LogP contribution in [0.5, 0.6) is 0 Å². The minimum atomic E-state index is -0.137. The molecule has 0 aromatic carbocycles. The molecule has 0 fully saturated rings. The third-order valence-corrected chi connectivity index (χ3v) is 2.61. The number of carbonyl (C=O) groups is 1. The lowest BCUT2D eigenvalue weighted by atomic mass is 10.1. The Morgan fingerprint density at radius 3 is 3.06 bits per heavy atom. The lowest BCUT2D eigenvalue weighted by molar-refractivity contribution is 0.0948. The molecule has 90 valence electrons. The second-order valence-corrected chi connectivity index (χ2v) is 3.82. The Balaban J connectivity index is 2.06. The topological polar surface area (TPSA) is 70.9 Å². The maximum Gasteiger partial charge on any atom is 0.257 e. The molecule has 0 bridgehead atoms. The first-order valence-corrected chi connectivity index (χ1v) is 5.57. The fraction of sp³-hybridized carbons (Fsp3) is 0.333. The van der Waals surface area contributed by atoms with Crippen molar-refractivity contribution in [3.8, 4) is 0 Å². The Hall–Kier alpha value is -2.04. The van der Waals surface area contributed by atoms with Crippen molar-refractivity contribution in [3.63, 3.8) is 0 Å². The van der Waals surface area contributed by atoms with E-state index >= 15 is 0 Å². The van der Waals surface area contributed by atoms with E-state index in [0.29, 0.717) is 30.0 Å². The molecular weight excluding hydrogens is 218 g/mol. The number of nitrogens with zero attached hydrogens (tertiary/aromatic N) is 1. The number of H-pyrrole nitrogens is 1. The molecule has 2 aromatic heterocycles. The smallest absolute Gasteiger partial charge is 0.257 e. The molecule has 1 amide bonds. The Bertz CT molecular complexity index is 500. The average molecular weight is 233 g/mol. The second-order valence-electron chi connectivity index (χ2n) is 3.82. The highest BCUT2D eigenvalue weighted by Crippen LogP contribution is 2.13. The normalized spacial score (nSPS) is 10.5. The zero-order chi connectivity index (χ0) is 12.3. The maximum atomic E-state index is 12.0. The summed E-state index contributed by atoms with van der Waals surface area (Å²) in [5, 5.41) is 6.70. The van der Waals surface area contributed by atoms with Crippen LogP contribution in [-0.2, 0) is 13.0 Å². The molecule has 0 saturated heterocycles. The number of nitrogens with one attached hydrogen (secondary N) is 2. The molecule has 2 rings (SSSR count). The number of carbonyl (C=O) groups excluding carboxylic acids is 1. The van der Waals surface area contributed by atoms with E-state index in [1.165, 1.54) is 0 Å². The molecule has 0 aliphatic carbocycles. The van der Waals surface area contributed by atoms with Crippen molar-refractivity contribution in [1.29, 1.82) is 0 Å². The van der Waals surface area contributed by atoms with Gasteiger partial charge in [0.15, 0.2) is 0 Å². The van der Waals surface area contributed by atoms with Gasteiger partial charge in [0, 0.05) is 18.9 Å². The van der Waals surface area contributed by atoms with Crippen molar-refractivity contribution < 1.29 is 9.32 Å². The molecule has 2 N–H and O–H groups in total. The molecule has 2 aromatic rings. The Labute approximate surface area is 99.2 Å². The van der Waals surface area contributed by atoms with Crippen LogP contribution in [0, 0.1) is 6.92 Å². The number of aromatic amines is 1. The Morgan fingerprint density at radius 1 is 1.59 bits per heavy atom. The molecule has 0 aliphatic rings. The van der Waals surface area contributed by atoms with Gasteiger partial charge < -0.3 is 14.8 Å². The van der Waals surface area contributed by atoms with Crippen molar-refractivity contribution in [1.82, 2.24) is 15.5 Å². The van der Waals surface area contributed by atoms with Crippen LogP contribution in [0.15, 0.2) is 23.0 Å². The highest BCUT2D eigenvalue weighted by molar-refractivity contribution is 5.96. The lowest BCUT2D eigenvalue weighted by Gasteiger charge is -2.03. The second kappa shape index (κ2) is 4.86. The standard InChI is InChI=1S/C12H15N3O2/c1-3-10-11(8(2)17-15-10)12(16)14-7-9-4-5-13-6-9/h4-6,13H,3,7H2,1-2H3,(H,14,16). The summed E-state index contributed by atoms with van der Waals surface area (Å²) in [6, 6.07) is 1.92. The van der Waals surface area contributed by atoms with E-state index < -0.39 is 0 Å². The van der Waals surface area contributed by atoms with Gasteiger partial charge >= 0.3 is 0 Å². The molecule has 5 nitrogen and oxygen atoms in total. The molecule has 2 heterocycles. The van der Waals surface area contributed by atoms with Gasteiger partial charge in [-0.1, -0.05) is 12.1 Å². The predicted octanol–water partition coefficient (Wildman–Crippen LogP) is 1.80. The van der Waals surface area contributed by atoms with Crippen LogP contribution in [0.2, 0.25) is 0 Å². The summed E-state index contributed by atoms with van der Waals surface area (Å²) in [6.07, 6.45) is 4.36. The molecule has 0 radical (unpaired) electrons. The van der Waals surface area contributed by atoms with E-state index in [1.54, 1.807) is 6.92 Å². The summed E-state index contributed by atoms with van der Waals surface area (Å²) in [5.74, 6) is 0.426. The van der Waals surface area contributed by atoms with E-state index in [4.69, 9.17) is 4.52 Å². The van der Waals surface area contributed by atoms with Crippen LogP contribution in [-0.4, -0.2) is 16.0 Å². The summed E-state index contributed by atoms with van der Waals surface area (Å²) in [7, 11) is 0. The molecule has 0 unspecified atom stereocenters. The van der Waals surface area contributed by atoms with Crippen molar-refractivity contribution >= 4 is 5.91 Å². The number of aryl methyl sites for hydroxylation is 2. The number of amides is 1. The summed E-state index contributed by atoms with van der Waals surface area (Å²) in [6.45, 7) is 4.19. The minimum Gasteiger partial charge on any atom is -0.367 e. The summed E-state index contributed by atoms with van der Waals surface area (Å²) in [5.41, 5.74) is 2.29. The molecule has 0 aliphatic heterocycles. The van der Waals surface area contributed by atoms with Gasteiger partial charge in [-0.2, -0.15) is 0 Å². The predicted molar refractivity (Wildman–Crippen MR) is 62.6 cm³/mol. The molecule has 0 spiro atoms. The van der Waals surface area contributed by atoms with E-state index in [1.807, 2.05) is 25.4 Å². The number of rotatable bonds is 4. The number of hydrogen-bond acceptors (Lipinski definition) is 3. The molecule has 5 heteroatoms. The van der Waals surface area contributed by atoms with Gasteiger partial charge in [0.25, 0.3) is 5.91 Å². The number of aromatic nitrogens is 2. The van der Waals surface area contributed by atoms with Gasteiger partial charge in [-0.15, -0.1) is 0 Å². The number of hydrogen-bond donors (Lipinski definition) is 2. The van der Waals surface area contributed by atoms with Gasteiger partial charge in [0.05, 0.1) is 5.69 Å². The third-order valence-electron chi connectivity index (χ3n) is 2.61. The summed E-state index contributed by atoms with van der Waals surface area (Å²) < 4.78 is 5.03. The van der Waals surface area contributed by atoms with Crippen LogP contribution >= 0.6 is 0 Å². The van der Waals surface area contributed by atoms with Crippen LogP contribution < -0.4 is 5.32 Å². The fourth-order valence-electron chi connectivity index (χ4n) is 1.69. The van der Waals surface area contributed by atoms with Gasteiger partial charge in [-0.3, -0.25) is 4.79 Å². The maximum absolute atomic E-state index is 12.0. The van der Waals surface area contributed by atoms with Gasteiger partial charge in [0.1, 0.15) is 11.3 Å². The highest BCUT2D eigenvalue weighted by Gasteiger charge is 2.18. The zero-order valence-electron chi connectivity index (χ0n) is 9.91. The van der Waals surface area contributed by atoms with Gasteiger partial charge in [-0.25, -0.2) is 0 Å². The summed E-state index contributed by atoms with van der Waals surface area (Å²) >= 11 is 0. The fourth-order valence-corrected chi connectivity index (χ4v) is 1.69. The van der Waals surface area contributed by atoms with E-state index in [9.17, 15) is 4.79 Å². The van der Waals surface area contributed by atoms with Crippen molar-refractivity contribution in [2.45, 2.75) is 26.8 Å². The lowest BCUT2D eigenvalue weighted by Crippen LogP contribution is -2.23. The van der Waals surface area contributed by atoms with Crippen LogP contribution in [0.3, 0.4) is 0 Å². The zero-order valence-corrected chi connectivity index (χ0v) is 9.91. The van der Waals surface area contributed by atoms with Crippen molar-refractivity contribution in [3.05, 3.63) is 41.0 Å². The van der Waals surface area contributed by atoms with Crippen LogP contribution in [0.4, 0.5) is 0 Å². The average Bonchev–Trinajstić information content (AvgIpc) is 2.94. The SMILES string of the molecule is CCc1noc(C)c1C(=O)NCc1cc[nH]c1. The van der Waals surface area contributed by atoms with Gasteiger partial charge in [0.2, 0.25) is 0 Å². The van der Waals surface area contributed by atoms with Crippen molar-refractivity contribution in [2.75, 3.05) is 0 Å². The quantitative estimate of drug-likeness (QED) is 0.845. The Morgan fingerprint density at radius 2 is 2.41 bits per heavy atom. The molecule has 17 heavy (non-hydrogen) atoms. The molecular formula is C12H15N3O2. The Kier molecular flexibility index (Phi) is 3.27. The van der Waals surface area contributed by atoms with E-state index in [2.05, 4.69) is 15.5 Å². The highest BCUT2D eigenvalue weighted by atomic mass is 16.5. The minimum absolute atomic E-state index is 0.137. The third kappa shape index (κ3) is 2.38. The monoisotopic (exact) mass is 233 g/mol. The van der Waals surface area contributed by atoms with Crippen LogP contribution in [0.25, 0.3) is 0 Å². The summed E-state index contributed by atoms with van der Waals surface area (Å²) in [4.78, 5) is 14.9. The first kappa shape index (κ1) is 11.4. The van der Waals surface area contributed by atoms with Gasteiger partial charge in [-0.05, 0) is 25.0 Å². The first-order valence-electron chi connectivity index (χ1n) is 5.57.